The molecule has 2 aliphatic rings. The maximum absolute atomic E-state index is 12.7. The highest BCUT2D eigenvalue weighted by Gasteiger charge is 2.30. The zero-order chi connectivity index (χ0) is 24.6. The van der Waals surface area contributed by atoms with Gasteiger partial charge in [0, 0.05) is 29.5 Å². The van der Waals surface area contributed by atoms with Crippen LogP contribution in [0.1, 0.15) is 43.1 Å². The van der Waals surface area contributed by atoms with Gasteiger partial charge in [0.1, 0.15) is 42.3 Å². The molecule has 3 aromatic rings. The number of hydrogen-bond acceptors (Lipinski definition) is 5. The Kier molecular flexibility index (Phi) is 6.17. The second kappa shape index (κ2) is 9.29. The van der Waals surface area contributed by atoms with Gasteiger partial charge >= 0.3 is 0 Å². The highest BCUT2D eigenvalue weighted by atomic mass is 16.6. The van der Waals surface area contributed by atoms with Gasteiger partial charge in [-0.15, -0.1) is 0 Å². The van der Waals surface area contributed by atoms with E-state index < -0.39 is 6.10 Å². The topological polar surface area (TPSA) is 82.0 Å². The van der Waals surface area contributed by atoms with Crippen LogP contribution in [0.25, 0.3) is 11.1 Å². The van der Waals surface area contributed by atoms with Gasteiger partial charge in [-0.05, 0) is 60.0 Å². The Bertz CT molecular complexity index is 1230. The second-order valence-electron chi connectivity index (χ2n) is 9.76. The van der Waals surface area contributed by atoms with Gasteiger partial charge in [-0.2, -0.15) is 0 Å². The predicted octanol–water partition coefficient (Wildman–Crippen LogP) is 5.90. The molecular weight excluding hydrogens is 442 g/mol. The number of likely N-dealkylation sites (tertiary alicyclic amines) is 1. The van der Waals surface area contributed by atoms with Crippen LogP contribution in [0.2, 0.25) is 0 Å². The van der Waals surface area contributed by atoms with Gasteiger partial charge in [0.2, 0.25) is 0 Å². The van der Waals surface area contributed by atoms with Crippen LogP contribution in [0, 0.1) is 11.1 Å². The van der Waals surface area contributed by atoms with Crippen LogP contribution in [0.3, 0.4) is 0 Å². The van der Waals surface area contributed by atoms with Crippen LogP contribution in [-0.4, -0.2) is 41.1 Å². The Morgan fingerprint density at radius 2 is 1.71 bits per heavy atom. The van der Waals surface area contributed by atoms with Crippen molar-refractivity contribution >= 4 is 11.1 Å². The van der Waals surface area contributed by atoms with E-state index in [9.17, 15) is 15.4 Å². The molecule has 3 aromatic carbocycles. The molecule has 1 fully saturated rings. The number of aromatic hydroxyl groups is 2. The summed E-state index contributed by atoms with van der Waals surface area (Å²) in [6.07, 6.45) is 0.584. The molecule has 0 amide bonds. The monoisotopic (exact) mass is 473 g/mol. The lowest BCUT2D eigenvalue weighted by Gasteiger charge is -2.38. The Balaban J connectivity index is 1.39. The smallest absolute Gasteiger partial charge is 0.150 e. The van der Waals surface area contributed by atoms with E-state index in [1.54, 1.807) is 24.3 Å². The van der Waals surface area contributed by atoms with E-state index in [2.05, 4.69) is 6.92 Å². The molecule has 0 aliphatic carbocycles. The van der Waals surface area contributed by atoms with Crippen molar-refractivity contribution in [1.82, 2.24) is 0 Å². The van der Waals surface area contributed by atoms with E-state index in [1.165, 1.54) is 0 Å². The number of quaternary nitrogens is 1. The fourth-order valence-electron chi connectivity index (χ4n) is 5.17. The number of phenolic OH excluding ortho intramolecular Hbond substituents is 2. The first-order valence-electron chi connectivity index (χ1n) is 12.1. The molecule has 6 nitrogen and oxygen atoms in total. The average Bonchev–Trinajstić information content (AvgIpc) is 3.18. The largest absolute Gasteiger partial charge is 0.633 e. The zero-order valence-electron chi connectivity index (χ0n) is 20.1. The lowest BCUT2D eigenvalue weighted by molar-refractivity contribution is -0.869. The van der Waals surface area contributed by atoms with Gasteiger partial charge in [-0.1, -0.05) is 31.2 Å². The molecule has 2 unspecified atom stereocenters. The standard InChI is InChI=1S/C29H31NO5/c1-19-13-14-30(33,18-19)15-16-34-25-10-5-22(6-11-25)29-28(21-3-7-23(31)8-4-21)20(2)26-12-9-24(32)17-27(26)35-29/h3-12,17,19,29,31-32H,13-16,18H2,1-2H3/t19-,29?,30?/m1/s1. The third-order valence-electron chi connectivity index (χ3n) is 7.08. The molecule has 2 N–H and O–H groups in total. The number of ether oxygens (including phenoxy) is 2. The van der Waals surface area contributed by atoms with Crippen LogP contribution in [-0.2, 0) is 0 Å². The molecule has 0 aromatic heterocycles. The fourth-order valence-corrected chi connectivity index (χ4v) is 5.17. The van der Waals surface area contributed by atoms with Crippen LogP contribution in [0.5, 0.6) is 23.0 Å². The van der Waals surface area contributed by atoms with Gasteiger partial charge in [0.15, 0.2) is 0 Å². The number of rotatable bonds is 6. The van der Waals surface area contributed by atoms with Crippen molar-refractivity contribution < 1.29 is 24.3 Å². The second-order valence-corrected chi connectivity index (χ2v) is 9.76. The number of fused-ring (bicyclic) bond motifs is 1. The maximum Gasteiger partial charge on any atom is 0.150 e. The van der Waals surface area contributed by atoms with Gasteiger partial charge < -0.3 is 29.5 Å². The minimum absolute atomic E-state index is 0.151. The molecule has 35 heavy (non-hydrogen) atoms. The maximum atomic E-state index is 12.7. The minimum atomic E-state index is -0.399. The zero-order valence-corrected chi connectivity index (χ0v) is 20.1. The third kappa shape index (κ3) is 4.85. The number of phenols is 2. The molecule has 3 atom stereocenters. The van der Waals surface area contributed by atoms with Crippen LogP contribution < -0.4 is 9.47 Å². The Labute approximate surface area is 205 Å². The quantitative estimate of drug-likeness (QED) is 0.344. The summed E-state index contributed by atoms with van der Waals surface area (Å²) in [6, 6.07) is 20.0. The lowest BCUT2D eigenvalue weighted by Crippen LogP contribution is -2.42. The Morgan fingerprint density at radius 1 is 1.00 bits per heavy atom. The molecule has 1 saturated heterocycles. The van der Waals surface area contributed by atoms with Gasteiger partial charge in [0.25, 0.3) is 0 Å². The first-order chi connectivity index (χ1) is 16.8. The molecule has 0 radical (unpaired) electrons. The normalized spacial score (nSPS) is 23.6. The van der Waals surface area contributed by atoms with Crippen molar-refractivity contribution in [2.45, 2.75) is 26.4 Å². The molecule has 5 rings (SSSR count). The molecule has 182 valence electrons. The minimum Gasteiger partial charge on any atom is -0.633 e. The number of hydrogen-bond donors (Lipinski definition) is 2. The van der Waals surface area contributed by atoms with Crippen molar-refractivity contribution in [3.05, 3.63) is 88.6 Å². The molecule has 2 aliphatic heterocycles. The summed E-state index contributed by atoms with van der Waals surface area (Å²) in [5.41, 5.74) is 4.86. The van der Waals surface area contributed by atoms with Gasteiger partial charge in [0.05, 0.1) is 13.1 Å². The lowest BCUT2D eigenvalue weighted by atomic mass is 9.86. The molecule has 0 bridgehead atoms. The predicted molar refractivity (Wildman–Crippen MR) is 136 cm³/mol. The molecule has 6 heteroatoms. The average molecular weight is 474 g/mol. The van der Waals surface area contributed by atoms with Crippen LogP contribution in [0.15, 0.2) is 66.7 Å². The number of nitrogens with zero attached hydrogens (tertiary/aromatic N) is 1. The summed E-state index contributed by atoms with van der Waals surface area (Å²) in [5.74, 6) is 2.18. The summed E-state index contributed by atoms with van der Waals surface area (Å²) in [5, 5.41) is 32.5. The molecule has 0 saturated carbocycles. The summed E-state index contributed by atoms with van der Waals surface area (Å²) in [6.45, 7) is 6.37. The van der Waals surface area contributed by atoms with E-state index in [4.69, 9.17) is 9.47 Å². The summed E-state index contributed by atoms with van der Waals surface area (Å²) < 4.78 is 12.1. The van der Waals surface area contributed by atoms with Crippen molar-refractivity contribution in [2.24, 2.45) is 5.92 Å². The van der Waals surface area contributed by atoms with Crippen molar-refractivity contribution in [3.8, 4) is 23.0 Å². The fraction of sp³-hybridized carbons (Fsp3) is 0.310. The Morgan fingerprint density at radius 3 is 2.40 bits per heavy atom. The van der Waals surface area contributed by atoms with E-state index in [0.717, 1.165) is 34.3 Å². The van der Waals surface area contributed by atoms with Gasteiger partial charge in [-0.25, -0.2) is 0 Å². The summed E-state index contributed by atoms with van der Waals surface area (Å²) >= 11 is 0. The van der Waals surface area contributed by atoms with E-state index >= 15 is 0 Å². The molecule has 0 spiro atoms. The van der Waals surface area contributed by atoms with Crippen LogP contribution >= 0.6 is 0 Å². The third-order valence-corrected chi connectivity index (χ3v) is 7.08. The van der Waals surface area contributed by atoms with E-state index in [1.807, 2.05) is 49.4 Å². The number of benzene rings is 3. The highest BCUT2D eigenvalue weighted by Crippen LogP contribution is 2.47. The van der Waals surface area contributed by atoms with Crippen molar-refractivity contribution in [2.75, 3.05) is 26.2 Å². The SMILES string of the molecule is CC1=C(c2ccc(O)cc2)C(c2ccc(OCC[N+]3([O-])CC[C@@H](C)C3)cc2)Oc2cc(O)ccc21. The molecular formula is C29H31NO5. The Hall–Kier alpha value is -3.48. The summed E-state index contributed by atoms with van der Waals surface area (Å²) in [4.78, 5) is 0. The highest BCUT2D eigenvalue weighted by molar-refractivity contribution is 5.95. The van der Waals surface area contributed by atoms with E-state index in [-0.39, 0.29) is 16.1 Å². The number of allylic oxidation sites excluding steroid dienone is 1. The summed E-state index contributed by atoms with van der Waals surface area (Å²) in [7, 11) is 0. The van der Waals surface area contributed by atoms with Crippen LogP contribution in [0.4, 0.5) is 0 Å². The first kappa shape index (κ1) is 23.3. The van der Waals surface area contributed by atoms with Crippen molar-refractivity contribution in [1.29, 1.82) is 0 Å². The number of hydroxylamine groups is 3. The van der Waals surface area contributed by atoms with Crippen molar-refractivity contribution in [3.63, 3.8) is 0 Å². The van der Waals surface area contributed by atoms with Gasteiger partial charge in [-0.3, -0.25) is 0 Å². The first-order valence-corrected chi connectivity index (χ1v) is 12.1. The molecule has 2 heterocycles. The van der Waals surface area contributed by atoms with E-state index in [0.29, 0.717) is 43.7 Å².